The molecule has 3 rings (SSSR count). The van der Waals surface area contributed by atoms with Gasteiger partial charge in [0.05, 0.1) is 25.6 Å². The van der Waals surface area contributed by atoms with Crippen molar-refractivity contribution in [2.24, 2.45) is 0 Å². The number of rotatable bonds is 5. The monoisotopic (exact) mass is 299 g/mol. The number of nitrogen functional groups attached to an aromatic ring is 1. The highest BCUT2D eigenvalue weighted by atomic mass is 16.5. The lowest BCUT2D eigenvalue weighted by atomic mass is 10.2. The standard InChI is InChI=1S/C15H17N5O2/c1-10(22-7-11-4-2-3-5-12(11)21)6-20-9-19-13-14(16)17-8-18-15(13)20/h2-5,8-10,21H,6-7H2,1H3,(H2,16,17,18). The summed E-state index contributed by atoms with van der Waals surface area (Å²) in [4.78, 5) is 12.3. The van der Waals surface area contributed by atoms with Crippen molar-refractivity contribution in [3.8, 4) is 5.75 Å². The summed E-state index contributed by atoms with van der Waals surface area (Å²) < 4.78 is 7.66. The molecule has 0 amide bonds. The number of imidazole rings is 1. The van der Waals surface area contributed by atoms with Gasteiger partial charge in [-0.05, 0) is 13.0 Å². The molecule has 0 aliphatic rings. The number of benzene rings is 1. The van der Waals surface area contributed by atoms with Crippen molar-refractivity contribution in [3.05, 3.63) is 42.5 Å². The number of phenols is 1. The second-order valence-corrected chi connectivity index (χ2v) is 5.08. The summed E-state index contributed by atoms with van der Waals surface area (Å²) in [7, 11) is 0. The first kappa shape index (κ1) is 14.3. The van der Waals surface area contributed by atoms with E-state index in [9.17, 15) is 5.11 Å². The molecule has 0 aliphatic heterocycles. The minimum Gasteiger partial charge on any atom is -0.508 e. The third kappa shape index (κ3) is 2.84. The molecule has 0 spiro atoms. The number of anilines is 1. The molecule has 3 N–H and O–H groups in total. The topological polar surface area (TPSA) is 99.1 Å². The minimum absolute atomic E-state index is 0.0757. The highest BCUT2D eigenvalue weighted by molar-refractivity contribution is 5.81. The molecule has 1 atom stereocenters. The number of aromatic nitrogens is 4. The zero-order valence-corrected chi connectivity index (χ0v) is 12.2. The van der Waals surface area contributed by atoms with Gasteiger partial charge < -0.3 is 20.1 Å². The fraction of sp³-hybridized carbons (Fsp3) is 0.267. The van der Waals surface area contributed by atoms with Crippen molar-refractivity contribution in [1.29, 1.82) is 0 Å². The van der Waals surface area contributed by atoms with Crippen LogP contribution < -0.4 is 5.73 Å². The Kier molecular flexibility index (Phi) is 3.88. The number of aromatic hydroxyl groups is 1. The summed E-state index contributed by atoms with van der Waals surface area (Å²) in [6.45, 7) is 2.88. The Labute approximate surface area is 127 Å². The van der Waals surface area contributed by atoms with Crippen molar-refractivity contribution < 1.29 is 9.84 Å². The van der Waals surface area contributed by atoms with Crippen molar-refractivity contribution in [3.63, 3.8) is 0 Å². The largest absolute Gasteiger partial charge is 0.508 e. The normalized spacial score (nSPS) is 12.6. The molecule has 0 radical (unpaired) electrons. The third-order valence-electron chi connectivity index (χ3n) is 3.40. The van der Waals surface area contributed by atoms with Gasteiger partial charge in [0, 0.05) is 5.56 Å². The summed E-state index contributed by atoms with van der Waals surface area (Å²) in [6.07, 6.45) is 3.02. The van der Waals surface area contributed by atoms with Crippen LogP contribution in [0.3, 0.4) is 0 Å². The Morgan fingerprint density at radius 3 is 2.91 bits per heavy atom. The van der Waals surface area contributed by atoms with Crippen LogP contribution in [0.2, 0.25) is 0 Å². The van der Waals surface area contributed by atoms with Crippen molar-refractivity contribution in [2.75, 3.05) is 5.73 Å². The highest BCUT2D eigenvalue weighted by Gasteiger charge is 2.11. The van der Waals surface area contributed by atoms with Crippen LogP contribution in [0.4, 0.5) is 5.82 Å². The zero-order valence-electron chi connectivity index (χ0n) is 12.2. The van der Waals surface area contributed by atoms with E-state index in [-0.39, 0.29) is 11.9 Å². The maximum absolute atomic E-state index is 9.73. The molecule has 1 unspecified atom stereocenters. The number of para-hydroxylation sites is 1. The first-order valence-electron chi connectivity index (χ1n) is 6.95. The smallest absolute Gasteiger partial charge is 0.165 e. The van der Waals surface area contributed by atoms with E-state index in [1.54, 1.807) is 18.5 Å². The molecule has 0 bridgehead atoms. The van der Waals surface area contributed by atoms with Gasteiger partial charge in [-0.2, -0.15) is 0 Å². The van der Waals surface area contributed by atoms with Crippen molar-refractivity contribution in [1.82, 2.24) is 19.5 Å². The van der Waals surface area contributed by atoms with E-state index >= 15 is 0 Å². The van der Waals surface area contributed by atoms with Gasteiger partial charge in [0.1, 0.15) is 17.6 Å². The Morgan fingerprint density at radius 1 is 1.27 bits per heavy atom. The maximum Gasteiger partial charge on any atom is 0.165 e. The second-order valence-electron chi connectivity index (χ2n) is 5.08. The van der Waals surface area contributed by atoms with Gasteiger partial charge in [-0.15, -0.1) is 0 Å². The Hall–Kier alpha value is -2.67. The zero-order chi connectivity index (χ0) is 15.5. The van der Waals surface area contributed by atoms with E-state index in [2.05, 4.69) is 15.0 Å². The lowest BCUT2D eigenvalue weighted by Crippen LogP contribution is -2.16. The molecule has 0 fully saturated rings. The van der Waals surface area contributed by atoms with Gasteiger partial charge in [0.25, 0.3) is 0 Å². The second kappa shape index (κ2) is 5.98. The quantitative estimate of drug-likeness (QED) is 0.744. The molecule has 7 nitrogen and oxygen atoms in total. The Balaban J connectivity index is 1.67. The molecule has 1 aromatic carbocycles. The van der Waals surface area contributed by atoms with Crippen LogP contribution in [-0.4, -0.2) is 30.7 Å². The number of fused-ring (bicyclic) bond motifs is 1. The number of phenolic OH excluding ortho intramolecular Hbond substituents is 1. The predicted molar refractivity (Wildman–Crippen MR) is 82.1 cm³/mol. The van der Waals surface area contributed by atoms with E-state index < -0.39 is 0 Å². The molecule has 0 saturated carbocycles. The van der Waals surface area contributed by atoms with E-state index in [0.29, 0.717) is 30.1 Å². The summed E-state index contributed by atoms with van der Waals surface area (Å²) in [5.74, 6) is 0.606. The van der Waals surface area contributed by atoms with Gasteiger partial charge in [-0.3, -0.25) is 0 Å². The summed E-state index contributed by atoms with van der Waals surface area (Å²) in [5.41, 5.74) is 7.80. The van der Waals surface area contributed by atoms with E-state index in [0.717, 1.165) is 5.56 Å². The van der Waals surface area contributed by atoms with Crippen molar-refractivity contribution in [2.45, 2.75) is 26.2 Å². The Morgan fingerprint density at radius 2 is 2.09 bits per heavy atom. The molecule has 7 heteroatoms. The number of nitrogens with zero attached hydrogens (tertiary/aromatic N) is 4. The van der Waals surface area contributed by atoms with Crippen LogP contribution >= 0.6 is 0 Å². The predicted octanol–water partition coefficient (Wildman–Crippen LogP) is 1.72. The lowest BCUT2D eigenvalue weighted by molar-refractivity contribution is 0.0415. The van der Waals surface area contributed by atoms with Crippen LogP contribution in [0.15, 0.2) is 36.9 Å². The molecule has 3 aromatic rings. The van der Waals surface area contributed by atoms with E-state index in [4.69, 9.17) is 10.5 Å². The van der Waals surface area contributed by atoms with Gasteiger partial charge in [0.15, 0.2) is 11.5 Å². The fourth-order valence-electron chi connectivity index (χ4n) is 2.23. The van der Waals surface area contributed by atoms with Gasteiger partial charge in [-0.25, -0.2) is 15.0 Å². The van der Waals surface area contributed by atoms with E-state index in [1.165, 1.54) is 6.33 Å². The summed E-state index contributed by atoms with van der Waals surface area (Å²) >= 11 is 0. The average molecular weight is 299 g/mol. The highest BCUT2D eigenvalue weighted by Crippen LogP contribution is 2.18. The summed E-state index contributed by atoms with van der Waals surface area (Å²) in [5, 5.41) is 9.73. The molecule has 114 valence electrons. The van der Waals surface area contributed by atoms with Crippen LogP contribution in [0.5, 0.6) is 5.75 Å². The van der Waals surface area contributed by atoms with Crippen LogP contribution in [0, 0.1) is 0 Å². The van der Waals surface area contributed by atoms with Crippen LogP contribution in [0.25, 0.3) is 11.2 Å². The number of nitrogens with two attached hydrogens (primary N) is 1. The molecule has 0 aliphatic carbocycles. The van der Waals surface area contributed by atoms with Gasteiger partial charge in [-0.1, -0.05) is 18.2 Å². The molecule has 2 aromatic heterocycles. The van der Waals surface area contributed by atoms with Crippen molar-refractivity contribution >= 4 is 17.0 Å². The number of ether oxygens (including phenoxy) is 1. The first-order valence-corrected chi connectivity index (χ1v) is 6.95. The number of hydrogen-bond donors (Lipinski definition) is 2. The molecule has 2 heterocycles. The van der Waals surface area contributed by atoms with E-state index in [1.807, 2.05) is 23.6 Å². The third-order valence-corrected chi connectivity index (χ3v) is 3.40. The maximum atomic E-state index is 9.73. The molecular weight excluding hydrogens is 282 g/mol. The molecular formula is C15H17N5O2. The molecule has 22 heavy (non-hydrogen) atoms. The number of hydrogen-bond acceptors (Lipinski definition) is 6. The van der Waals surface area contributed by atoms with Crippen LogP contribution in [-0.2, 0) is 17.9 Å². The fourth-order valence-corrected chi connectivity index (χ4v) is 2.23. The average Bonchev–Trinajstić information content (AvgIpc) is 2.91. The minimum atomic E-state index is -0.0757. The molecule has 0 saturated heterocycles. The SMILES string of the molecule is CC(Cn1cnc2c(N)ncnc21)OCc1ccccc1O. The lowest BCUT2D eigenvalue weighted by Gasteiger charge is -2.14. The van der Waals surface area contributed by atoms with Crippen LogP contribution in [0.1, 0.15) is 12.5 Å². The first-order chi connectivity index (χ1) is 10.6. The van der Waals surface area contributed by atoms with Gasteiger partial charge in [0.2, 0.25) is 0 Å². The summed E-state index contributed by atoms with van der Waals surface area (Å²) in [6, 6.07) is 7.13. The Bertz CT molecular complexity index is 786. The van der Waals surface area contributed by atoms with Gasteiger partial charge >= 0.3 is 0 Å².